The first-order valence-corrected chi connectivity index (χ1v) is 10.4. The summed E-state index contributed by atoms with van der Waals surface area (Å²) in [4.78, 5) is 14.6. The van der Waals surface area contributed by atoms with E-state index in [1.54, 1.807) is 0 Å². The molecule has 2 unspecified atom stereocenters. The number of rotatable bonds is 5. The lowest BCUT2D eigenvalue weighted by Gasteiger charge is -2.18. The fourth-order valence-electron chi connectivity index (χ4n) is 3.95. The second-order valence-corrected chi connectivity index (χ2v) is 8.60. The van der Waals surface area contributed by atoms with E-state index in [4.69, 9.17) is 5.73 Å². The predicted molar refractivity (Wildman–Crippen MR) is 110 cm³/mol. The molecule has 0 spiro atoms. The first kappa shape index (κ1) is 18.2. The molecule has 1 fully saturated rings. The smallest absolute Gasteiger partial charge is 0.261 e. The molecule has 142 valence electrons. The Morgan fingerprint density at radius 3 is 2.81 bits per heavy atom. The Morgan fingerprint density at radius 1 is 1.30 bits per heavy atom. The van der Waals surface area contributed by atoms with E-state index in [9.17, 15) is 4.79 Å². The molecule has 3 aromatic rings. The van der Waals surface area contributed by atoms with Gasteiger partial charge in [0.05, 0.1) is 17.1 Å². The number of aromatic nitrogens is 2. The molecule has 3 N–H and O–H groups in total. The van der Waals surface area contributed by atoms with Crippen molar-refractivity contribution in [3.8, 4) is 0 Å². The van der Waals surface area contributed by atoms with Crippen molar-refractivity contribution in [2.45, 2.75) is 45.7 Å². The molecule has 0 saturated heterocycles. The lowest BCUT2D eigenvalue weighted by atomic mass is 10.0. The van der Waals surface area contributed by atoms with Crippen molar-refractivity contribution in [2.24, 2.45) is 11.7 Å². The standard InChI is InChI=1S/C21H26N4OS/c1-13-6-8-15(9-7-13)12-25-21-17(14(2)24-25)10-19(27-21)20(26)23-18-5-3-4-16(18)11-22/h6-10,16,18H,3-5,11-12,22H2,1-2H3,(H,23,26). The normalized spacial score (nSPS) is 19.7. The van der Waals surface area contributed by atoms with E-state index >= 15 is 0 Å². The summed E-state index contributed by atoms with van der Waals surface area (Å²) in [6.45, 7) is 5.44. The molecule has 1 aromatic carbocycles. The van der Waals surface area contributed by atoms with Crippen molar-refractivity contribution in [3.63, 3.8) is 0 Å². The van der Waals surface area contributed by atoms with Gasteiger partial charge in [0.15, 0.2) is 0 Å². The highest BCUT2D eigenvalue weighted by Gasteiger charge is 2.28. The Kier molecular flexibility index (Phi) is 5.02. The zero-order valence-corrected chi connectivity index (χ0v) is 16.7. The minimum atomic E-state index is 0.0165. The van der Waals surface area contributed by atoms with Crippen LogP contribution >= 0.6 is 11.3 Å². The number of nitrogens with two attached hydrogens (primary N) is 1. The molecular weight excluding hydrogens is 356 g/mol. The number of nitrogens with one attached hydrogen (secondary N) is 1. The van der Waals surface area contributed by atoms with Crippen LogP contribution in [0.5, 0.6) is 0 Å². The van der Waals surface area contributed by atoms with Gasteiger partial charge in [0.1, 0.15) is 4.83 Å². The Labute approximate surface area is 163 Å². The van der Waals surface area contributed by atoms with Crippen LogP contribution in [-0.4, -0.2) is 28.3 Å². The third-order valence-electron chi connectivity index (χ3n) is 5.56. The Hall–Kier alpha value is -2.18. The third kappa shape index (κ3) is 3.64. The first-order chi connectivity index (χ1) is 13.0. The van der Waals surface area contributed by atoms with Gasteiger partial charge in [-0.1, -0.05) is 36.2 Å². The summed E-state index contributed by atoms with van der Waals surface area (Å²) < 4.78 is 2.01. The fraction of sp³-hybridized carbons (Fsp3) is 0.429. The number of carbonyl (C=O) groups excluding carboxylic acids is 1. The minimum absolute atomic E-state index is 0.0165. The number of carbonyl (C=O) groups is 1. The molecule has 6 heteroatoms. The molecule has 0 bridgehead atoms. The minimum Gasteiger partial charge on any atom is -0.348 e. The van der Waals surface area contributed by atoms with Crippen LogP contribution in [0.4, 0.5) is 0 Å². The monoisotopic (exact) mass is 382 g/mol. The maximum Gasteiger partial charge on any atom is 0.261 e. The fourth-order valence-corrected chi connectivity index (χ4v) is 5.01. The van der Waals surface area contributed by atoms with E-state index in [1.165, 1.54) is 22.5 Å². The van der Waals surface area contributed by atoms with Gasteiger partial charge >= 0.3 is 0 Å². The van der Waals surface area contributed by atoms with Crippen molar-refractivity contribution < 1.29 is 4.79 Å². The molecule has 1 aliphatic carbocycles. The van der Waals surface area contributed by atoms with Crippen molar-refractivity contribution in [3.05, 3.63) is 52.0 Å². The summed E-state index contributed by atoms with van der Waals surface area (Å²) in [5.41, 5.74) is 9.27. The summed E-state index contributed by atoms with van der Waals surface area (Å²) in [5, 5.41) is 8.95. The molecule has 0 aliphatic heterocycles. The molecule has 1 aliphatic rings. The zero-order valence-electron chi connectivity index (χ0n) is 15.9. The number of nitrogens with zero attached hydrogens (tertiary/aromatic N) is 2. The SMILES string of the molecule is Cc1ccc(Cn2nc(C)c3cc(C(=O)NC4CCCC4CN)sc32)cc1. The second kappa shape index (κ2) is 7.44. The predicted octanol–water partition coefficient (Wildman–Crippen LogP) is 3.62. The first-order valence-electron chi connectivity index (χ1n) is 9.58. The van der Waals surface area contributed by atoms with Gasteiger partial charge in [-0.15, -0.1) is 11.3 Å². The van der Waals surface area contributed by atoms with Crippen LogP contribution in [0.25, 0.3) is 10.2 Å². The Balaban J connectivity index is 1.56. The van der Waals surface area contributed by atoms with E-state index in [1.807, 2.05) is 17.7 Å². The van der Waals surface area contributed by atoms with Crippen molar-refractivity contribution in [1.29, 1.82) is 0 Å². The number of hydrogen-bond acceptors (Lipinski definition) is 4. The van der Waals surface area contributed by atoms with Gasteiger partial charge in [0.2, 0.25) is 0 Å². The average molecular weight is 383 g/mol. The number of aryl methyl sites for hydroxylation is 2. The number of fused-ring (bicyclic) bond motifs is 1. The summed E-state index contributed by atoms with van der Waals surface area (Å²) in [7, 11) is 0. The molecule has 2 atom stereocenters. The molecule has 0 radical (unpaired) electrons. The van der Waals surface area contributed by atoms with Crippen molar-refractivity contribution in [2.75, 3.05) is 6.54 Å². The van der Waals surface area contributed by atoms with Gasteiger partial charge in [0.25, 0.3) is 5.91 Å². The summed E-state index contributed by atoms with van der Waals surface area (Å²) in [6, 6.07) is 10.7. The highest BCUT2D eigenvalue weighted by atomic mass is 32.1. The quantitative estimate of drug-likeness (QED) is 0.708. The Bertz CT molecular complexity index is 957. The molecule has 1 amide bonds. The number of amides is 1. The van der Waals surface area contributed by atoms with E-state index in [-0.39, 0.29) is 11.9 Å². The molecule has 27 heavy (non-hydrogen) atoms. The lowest BCUT2D eigenvalue weighted by molar-refractivity contribution is 0.0933. The average Bonchev–Trinajstić information content (AvgIpc) is 3.35. The van der Waals surface area contributed by atoms with E-state index < -0.39 is 0 Å². The number of benzene rings is 1. The third-order valence-corrected chi connectivity index (χ3v) is 6.71. The number of hydrogen-bond donors (Lipinski definition) is 2. The van der Waals surface area contributed by atoms with Gasteiger partial charge in [-0.3, -0.25) is 9.48 Å². The number of thiophene rings is 1. The van der Waals surface area contributed by atoms with Crippen LogP contribution in [0.15, 0.2) is 30.3 Å². The van der Waals surface area contributed by atoms with E-state index in [0.29, 0.717) is 19.0 Å². The molecule has 1 saturated carbocycles. The van der Waals surface area contributed by atoms with Gasteiger partial charge in [-0.25, -0.2) is 0 Å². The van der Waals surface area contributed by atoms with Crippen molar-refractivity contribution in [1.82, 2.24) is 15.1 Å². The molecular formula is C21H26N4OS. The molecule has 5 nitrogen and oxygen atoms in total. The van der Waals surface area contributed by atoms with Crippen LogP contribution in [0.2, 0.25) is 0 Å². The van der Waals surface area contributed by atoms with Gasteiger partial charge in [-0.2, -0.15) is 5.10 Å². The van der Waals surface area contributed by atoms with Crippen LogP contribution in [0.1, 0.15) is 45.8 Å². The second-order valence-electron chi connectivity index (χ2n) is 7.56. The maximum absolute atomic E-state index is 12.8. The lowest BCUT2D eigenvalue weighted by Crippen LogP contribution is -2.39. The van der Waals surface area contributed by atoms with E-state index in [0.717, 1.165) is 40.1 Å². The van der Waals surface area contributed by atoms with Gasteiger partial charge in [0, 0.05) is 11.4 Å². The maximum atomic E-state index is 12.8. The van der Waals surface area contributed by atoms with Crippen LogP contribution < -0.4 is 11.1 Å². The largest absolute Gasteiger partial charge is 0.348 e. The molecule has 2 aromatic heterocycles. The molecule has 4 rings (SSSR count). The summed E-state index contributed by atoms with van der Waals surface area (Å²) in [6.07, 6.45) is 3.28. The molecule has 2 heterocycles. The van der Waals surface area contributed by atoms with Crippen LogP contribution in [-0.2, 0) is 6.54 Å². The highest BCUT2D eigenvalue weighted by molar-refractivity contribution is 7.20. The Morgan fingerprint density at radius 2 is 2.07 bits per heavy atom. The highest BCUT2D eigenvalue weighted by Crippen LogP contribution is 2.30. The summed E-state index contributed by atoms with van der Waals surface area (Å²) in [5.74, 6) is 0.421. The van der Waals surface area contributed by atoms with Crippen molar-refractivity contribution >= 4 is 27.5 Å². The topological polar surface area (TPSA) is 72.9 Å². The van der Waals surface area contributed by atoms with E-state index in [2.05, 4.69) is 41.6 Å². The van der Waals surface area contributed by atoms with Gasteiger partial charge < -0.3 is 11.1 Å². The van der Waals surface area contributed by atoms with Gasteiger partial charge in [-0.05, 0) is 50.8 Å². The zero-order chi connectivity index (χ0) is 19.0. The van der Waals surface area contributed by atoms with Crippen LogP contribution in [0, 0.1) is 19.8 Å². The summed E-state index contributed by atoms with van der Waals surface area (Å²) >= 11 is 1.52. The van der Waals surface area contributed by atoms with Crippen LogP contribution in [0.3, 0.4) is 0 Å².